The number of benzene rings is 2. The maximum Gasteiger partial charge on any atom is 0.123 e. The molecule has 0 bridgehead atoms. The van der Waals surface area contributed by atoms with Crippen molar-refractivity contribution < 1.29 is 4.74 Å². The van der Waals surface area contributed by atoms with Crippen molar-refractivity contribution in [2.75, 3.05) is 33.3 Å². The summed E-state index contributed by atoms with van der Waals surface area (Å²) in [5, 5.41) is 6.12. The number of piperidine rings is 1. The Balaban J connectivity index is 1.80. The van der Waals surface area contributed by atoms with Crippen LogP contribution in [0.25, 0.3) is 10.8 Å². The van der Waals surface area contributed by atoms with Gasteiger partial charge in [0.25, 0.3) is 0 Å². The van der Waals surface area contributed by atoms with E-state index >= 15 is 0 Å². The van der Waals surface area contributed by atoms with Gasteiger partial charge in [0.05, 0.1) is 7.11 Å². The Morgan fingerprint density at radius 3 is 2.91 bits per heavy atom. The molecule has 1 N–H and O–H groups in total. The number of hydrogen-bond donors (Lipinski definition) is 1. The van der Waals surface area contributed by atoms with Gasteiger partial charge in [-0.3, -0.25) is 4.90 Å². The number of nitrogens with one attached hydrogen (secondary N) is 1. The molecule has 1 unspecified atom stereocenters. The van der Waals surface area contributed by atoms with Crippen LogP contribution in [0.5, 0.6) is 5.75 Å². The highest BCUT2D eigenvalue weighted by molar-refractivity contribution is 5.87. The number of likely N-dealkylation sites (tertiary alicyclic amines) is 1. The van der Waals surface area contributed by atoms with Gasteiger partial charge in [0.15, 0.2) is 0 Å². The van der Waals surface area contributed by atoms with Crippen LogP contribution >= 0.6 is 0 Å². The van der Waals surface area contributed by atoms with Crippen molar-refractivity contribution in [1.29, 1.82) is 0 Å². The minimum atomic E-state index is 0.768. The molecule has 3 nitrogen and oxygen atoms in total. The molecular weight excluding hydrogens is 284 g/mol. The van der Waals surface area contributed by atoms with E-state index in [1.165, 1.54) is 42.3 Å². The van der Waals surface area contributed by atoms with Crippen LogP contribution in [0, 0.1) is 5.92 Å². The van der Waals surface area contributed by atoms with Crippen LogP contribution in [-0.4, -0.2) is 38.2 Å². The highest BCUT2D eigenvalue weighted by Gasteiger charge is 2.21. The maximum absolute atomic E-state index is 5.65. The van der Waals surface area contributed by atoms with Gasteiger partial charge in [-0.1, -0.05) is 37.3 Å². The van der Waals surface area contributed by atoms with E-state index in [1.54, 1.807) is 7.11 Å². The maximum atomic E-state index is 5.65. The van der Waals surface area contributed by atoms with Crippen LogP contribution in [0.1, 0.15) is 25.3 Å². The summed E-state index contributed by atoms with van der Waals surface area (Å²) in [6, 6.07) is 12.9. The Kier molecular flexibility index (Phi) is 5.52. The minimum Gasteiger partial charge on any atom is -0.496 e. The summed E-state index contributed by atoms with van der Waals surface area (Å²) >= 11 is 0. The zero-order valence-corrected chi connectivity index (χ0v) is 14.3. The Labute approximate surface area is 139 Å². The average Bonchev–Trinajstić information content (AvgIpc) is 2.60. The van der Waals surface area contributed by atoms with E-state index in [2.05, 4.69) is 53.5 Å². The predicted octanol–water partition coefficient (Wildman–Crippen LogP) is 3.67. The molecule has 1 saturated heterocycles. The van der Waals surface area contributed by atoms with Gasteiger partial charge in [-0.2, -0.15) is 0 Å². The van der Waals surface area contributed by atoms with E-state index in [1.807, 2.05) is 0 Å². The third-order valence-electron chi connectivity index (χ3n) is 4.89. The first-order valence-electron chi connectivity index (χ1n) is 8.79. The van der Waals surface area contributed by atoms with E-state index in [0.29, 0.717) is 0 Å². The van der Waals surface area contributed by atoms with Crippen molar-refractivity contribution in [2.24, 2.45) is 5.92 Å². The monoisotopic (exact) mass is 312 g/mol. The van der Waals surface area contributed by atoms with Crippen LogP contribution in [0.4, 0.5) is 0 Å². The van der Waals surface area contributed by atoms with Crippen molar-refractivity contribution in [3.63, 3.8) is 0 Å². The molecule has 0 aliphatic carbocycles. The molecule has 1 atom stereocenters. The summed E-state index contributed by atoms with van der Waals surface area (Å²) in [5.74, 6) is 1.78. The lowest BCUT2D eigenvalue weighted by atomic mass is 9.96. The number of nitrogens with zero attached hydrogens (tertiary/aromatic N) is 1. The van der Waals surface area contributed by atoms with Gasteiger partial charge in [0, 0.05) is 18.7 Å². The zero-order chi connectivity index (χ0) is 16.1. The Bertz CT molecular complexity index is 641. The van der Waals surface area contributed by atoms with Gasteiger partial charge in [-0.05, 0) is 55.2 Å². The molecule has 3 heteroatoms. The summed E-state index contributed by atoms with van der Waals surface area (Å²) in [5.41, 5.74) is 1.33. The second-order valence-electron chi connectivity index (χ2n) is 6.52. The smallest absolute Gasteiger partial charge is 0.123 e. The second-order valence-corrected chi connectivity index (χ2v) is 6.52. The first kappa shape index (κ1) is 16.3. The SMILES string of the molecule is CCNCC1CCCN(Cc2c(OC)ccc3ccccc23)C1. The minimum absolute atomic E-state index is 0.768. The summed E-state index contributed by atoms with van der Waals surface area (Å²) in [6.07, 6.45) is 2.64. The van der Waals surface area contributed by atoms with E-state index < -0.39 is 0 Å². The third kappa shape index (κ3) is 3.85. The summed E-state index contributed by atoms with van der Waals surface area (Å²) < 4.78 is 5.65. The summed E-state index contributed by atoms with van der Waals surface area (Å²) in [7, 11) is 1.78. The lowest BCUT2D eigenvalue weighted by Crippen LogP contribution is -2.39. The summed E-state index contributed by atoms with van der Waals surface area (Å²) in [6.45, 7) is 7.73. The highest BCUT2D eigenvalue weighted by Crippen LogP contribution is 2.30. The number of hydrogen-bond acceptors (Lipinski definition) is 3. The van der Waals surface area contributed by atoms with Gasteiger partial charge in [0.2, 0.25) is 0 Å². The predicted molar refractivity (Wildman–Crippen MR) is 97.0 cm³/mol. The quantitative estimate of drug-likeness (QED) is 0.881. The van der Waals surface area contributed by atoms with E-state index in [4.69, 9.17) is 4.74 Å². The van der Waals surface area contributed by atoms with Crippen LogP contribution in [0.3, 0.4) is 0 Å². The molecule has 1 fully saturated rings. The van der Waals surface area contributed by atoms with E-state index in [9.17, 15) is 0 Å². The fourth-order valence-corrected chi connectivity index (χ4v) is 3.70. The van der Waals surface area contributed by atoms with Gasteiger partial charge in [-0.15, -0.1) is 0 Å². The molecule has 2 aromatic rings. The normalized spacial score (nSPS) is 19.1. The van der Waals surface area contributed by atoms with Crippen molar-refractivity contribution in [3.05, 3.63) is 42.0 Å². The Morgan fingerprint density at radius 2 is 2.09 bits per heavy atom. The van der Waals surface area contributed by atoms with Crippen LogP contribution in [-0.2, 0) is 6.54 Å². The standard InChI is InChI=1S/C20H28N2O/c1-3-21-13-16-7-6-12-22(14-16)15-19-18-9-5-4-8-17(18)10-11-20(19)23-2/h4-5,8-11,16,21H,3,6-7,12-15H2,1-2H3. The van der Waals surface area contributed by atoms with E-state index in [-0.39, 0.29) is 0 Å². The number of methoxy groups -OCH3 is 1. The molecule has 1 aliphatic heterocycles. The van der Waals surface area contributed by atoms with Crippen molar-refractivity contribution in [1.82, 2.24) is 10.2 Å². The number of ether oxygens (including phenoxy) is 1. The fourth-order valence-electron chi connectivity index (χ4n) is 3.70. The molecule has 1 aliphatic rings. The van der Waals surface area contributed by atoms with Crippen LogP contribution in [0.15, 0.2) is 36.4 Å². The van der Waals surface area contributed by atoms with Gasteiger partial charge in [-0.25, -0.2) is 0 Å². The van der Waals surface area contributed by atoms with Gasteiger partial charge < -0.3 is 10.1 Å². The number of fused-ring (bicyclic) bond motifs is 1. The molecule has 2 aromatic carbocycles. The zero-order valence-electron chi connectivity index (χ0n) is 14.3. The van der Waals surface area contributed by atoms with Crippen molar-refractivity contribution in [2.45, 2.75) is 26.3 Å². The average molecular weight is 312 g/mol. The molecule has 0 aromatic heterocycles. The number of rotatable bonds is 6. The molecule has 1 heterocycles. The molecule has 124 valence electrons. The lowest BCUT2D eigenvalue weighted by Gasteiger charge is -2.33. The highest BCUT2D eigenvalue weighted by atomic mass is 16.5. The molecule has 0 spiro atoms. The molecular formula is C20H28N2O. The van der Waals surface area contributed by atoms with Gasteiger partial charge >= 0.3 is 0 Å². The molecule has 23 heavy (non-hydrogen) atoms. The van der Waals surface area contributed by atoms with Crippen LogP contribution < -0.4 is 10.1 Å². The lowest BCUT2D eigenvalue weighted by molar-refractivity contribution is 0.165. The fraction of sp³-hybridized carbons (Fsp3) is 0.500. The Morgan fingerprint density at radius 1 is 1.22 bits per heavy atom. The van der Waals surface area contributed by atoms with Crippen LogP contribution in [0.2, 0.25) is 0 Å². The first-order chi connectivity index (χ1) is 11.3. The first-order valence-corrected chi connectivity index (χ1v) is 8.79. The van der Waals surface area contributed by atoms with Crippen molar-refractivity contribution in [3.8, 4) is 5.75 Å². The second kappa shape index (κ2) is 7.80. The molecule has 0 saturated carbocycles. The molecule has 3 rings (SSSR count). The van der Waals surface area contributed by atoms with Gasteiger partial charge in [0.1, 0.15) is 5.75 Å². The molecule has 0 amide bonds. The largest absolute Gasteiger partial charge is 0.496 e. The van der Waals surface area contributed by atoms with Crippen molar-refractivity contribution >= 4 is 10.8 Å². The van der Waals surface area contributed by atoms with E-state index in [0.717, 1.165) is 31.3 Å². The third-order valence-corrected chi connectivity index (χ3v) is 4.89. The summed E-state index contributed by atoms with van der Waals surface area (Å²) in [4.78, 5) is 2.59. The molecule has 0 radical (unpaired) electrons. The topological polar surface area (TPSA) is 24.5 Å². The Hall–Kier alpha value is -1.58.